The number of anilines is 2. The number of methoxy groups -OCH3 is 1. The highest BCUT2D eigenvalue weighted by atomic mass is 35.5. The molecule has 4 amide bonds. The Bertz CT molecular complexity index is 1850. The van der Waals surface area contributed by atoms with Gasteiger partial charge in [0.05, 0.1) is 42.2 Å². The molecule has 0 spiro atoms. The second-order valence-electron chi connectivity index (χ2n) is 12.3. The molecule has 10 heteroatoms. The Hall–Kier alpha value is -4.14. The van der Waals surface area contributed by atoms with Crippen molar-refractivity contribution in [2.45, 2.75) is 32.6 Å². The maximum absolute atomic E-state index is 14.3. The molecule has 7 rings (SSSR count). The summed E-state index contributed by atoms with van der Waals surface area (Å²) in [5.74, 6) is -4.98. The van der Waals surface area contributed by atoms with E-state index in [4.69, 9.17) is 27.9 Å². The van der Waals surface area contributed by atoms with E-state index in [-0.39, 0.29) is 35.8 Å². The Morgan fingerprint density at radius 2 is 1.31 bits per heavy atom. The molecular weight excluding hydrogens is 615 g/mol. The van der Waals surface area contributed by atoms with Crippen LogP contribution in [-0.4, -0.2) is 35.8 Å². The molecule has 0 bridgehead atoms. The van der Waals surface area contributed by atoms with Crippen molar-refractivity contribution in [2.75, 3.05) is 16.9 Å². The molecule has 0 radical (unpaired) electrons. The minimum Gasteiger partial charge on any atom is -0.508 e. The second kappa shape index (κ2) is 10.7. The lowest BCUT2D eigenvalue weighted by molar-refractivity contribution is -0.126. The predicted molar refractivity (Wildman–Crippen MR) is 170 cm³/mol. The summed E-state index contributed by atoms with van der Waals surface area (Å²) in [6.07, 6.45) is 2.51. The number of allylic oxidation sites excluding steroid dienone is 2. The molecule has 2 aliphatic carbocycles. The Balaban J connectivity index is 1.35. The lowest BCUT2D eigenvalue weighted by Gasteiger charge is -2.44. The summed E-state index contributed by atoms with van der Waals surface area (Å²) < 4.78 is 5.67. The van der Waals surface area contributed by atoms with E-state index in [1.54, 1.807) is 42.5 Å². The van der Waals surface area contributed by atoms with Crippen molar-refractivity contribution in [3.05, 3.63) is 93.0 Å². The summed E-state index contributed by atoms with van der Waals surface area (Å²) in [6.45, 7) is 3.69. The van der Waals surface area contributed by atoms with Crippen LogP contribution in [0.2, 0.25) is 10.0 Å². The highest BCUT2D eigenvalue weighted by molar-refractivity contribution is 6.33. The van der Waals surface area contributed by atoms with Gasteiger partial charge in [-0.1, -0.05) is 53.1 Å². The monoisotopic (exact) mass is 644 g/mol. The van der Waals surface area contributed by atoms with Gasteiger partial charge in [0.1, 0.15) is 11.5 Å². The fourth-order valence-corrected chi connectivity index (χ4v) is 8.19. The van der Waals surface area contributed by atoms with E-state index in [0.717, 1.165) is 16.7 Å². The number of carbonyl (C=O) groups is 4. The van der Waals surface area contributed by atoms with Crippen LogP contribution < -0.4 is 14.5 Å². The molecule has 230 valence electrons. The number of ether oxygens (including phenoxy) is 1. The predicted octanol–water partition coefficient (Wildman–Crippen LogP) is 6.37. The first kappa shape index (κ1) is 29.6. The third kappa shape index (κ3) is 4.41. The summed E-state index contributed by atoms with van der Waals surface area (Å²) in [7, 11) is 1.48. The number of benzene rings is 3. The number of hydrogen-bond acceptors (Lipinski definition) is 6. The maximum Gasteiger partial charge on any atom is 0.238 e. The van der Waals surface area contributed by atoms with Crippen LogP contribution in [0.1, 0.15) is 35.4 Å². The molecule has 1 N–H and O–H groups in total. The number of amides is 4. The smallest absolute Gasteiger partial charge is 0.238 e. The number of aromatic hydroxyl groups is 1. The number of imide groups is 2. The Kier molecular flexibility index (Phi) is 7.06. The van der Waals surface area contributed by atoms with Gasteiger partial charge in [-0.3, -0.25) is 19.2 Å². The SMILES string of the molecule is COc1cc(O)ccc1C1C2=CCC3C(=O)N(c4ccc(C)c(Cl)c4)C(=O)C3C2CC2C(=O)N(c3ccc(C)c(Cl)c3)C(=O)C21. The van der Waals surface area contributed by atoms with E-state index >= 15 is 0 Å². The summed E-state index contributed by atoms with van der Waals surface area (Å²) in [4.78, 5) is 58.9. The zero-order valence-corrected chi connectivity index (χ0v) is 26.3. The minimum atomic E-state index is -0.783. The zero-order chi connectivity index (χ0) is 31.9. The quantitative estimate of drug-likeness (QED) is 0.261. The van der Waals surface area contributed by atoms with Crippen molar-refractivity contribution >= 4 is 58.2 Å². The van der Waals surface area contributed by atoms with Gasteiger partial charge in [0.15, 0.2) is 0 Å². The number of rotatable bonds is 4. The normalized spacial score (nSPS) is 27.4. The number of halogens is 2. The van der Waals surface area contributed by atoms with Crippen LogP contribution in [0, 0.1) is 43.4 Å². The van der Waals surface area contributed by atoms with E-state index in [1.165, 1.54) is 29.0 Å². The fraction of sp³-hybridized carbons (Fsp3) is 0.314. The molecular formula is C35H30Cl2N2O6. The summed E-state index contributed by atoms with van der Waals surface area (Å²) in [5, 5.41) is 11.1. The molecule has 4 aliphatic rings. The number of carbonyl (C=O) groups excluding carboxylic acids is 4. The van der Waals surface area contributed by atoms with Crippen LogP contribution in [0.4, 0.5) is 11.4 Å². The van der Waals surface area contributed by atoms with E-state index < -0.39 is 35.5 Å². The average molecular weight is 646 g/mol. The molecule has 1 saturated carbocycles. The van der Waals surface area contributed by atoms with Gasteiger partial charge in [0.2, 0.25) is 23.6 Å². The molecule has 3 aromatic rings. The Morgan fingerprint density at radius 3 is 1.89 bits per heavy atom. The number of fused-ring (bicyclic) bond motifs is 4. The standard InChI is InChI=1S/C35H30Cl2N2O6/c1-16-4-6-18(12-26(16)36)38-32(41)23-11-10-21-24(30(23)34(38)43)15-25-31(29(21)22-9-8-20(40)14-28(22)45-3)35(44)39(33(25)42)19-7-5-17(2)27(37)13-19/h4-10,12-14,23-25,29-31,40H,11,15H2,1-3H3. The van der Waals surface area contributed by atoms with Gasteiger partial charge in [0.25, 0.3) is 0 Å². The number of hydrogen-bond donors (Lipinski definition) is 1. The molecule has 0 aromatic heterocycles. The fourth-order valence-electron chi connectivity index (χ4n) is 7.84. The van der Waals surface area contributed by atoms with Crippen molar-refractivity contribution in [1.29, 1.82) is 0 Å². The van der Waals surface area contributed by atoms with Crippen LogP contribution >= 0.6 is 23.2 Å². The van der Waals surface area contributed by atoms with E-state index in [9.17, 15) is 24.3 Å². The molecule has 2 aliphatic heterocycles. The lowest BCUT2D eigenvalue weighted by Crippen LogP contribution is -2.43. The van der Waals surface area contributed by atoms with Gasteiger partial charge < -0.3 is 9.84 Å². The Labute approximate surface area is 270 Å². The van der Waals surface area contributed by atoms with Gasteiger partial charge in [0, 0.05) is 27.6 Å². The largest absolute Gasteiger partial charge is 0.508 e. The first-order valence-electron chi connectivity index (χ1n) is 14.9. The number of aryl methyl sites for hydroxylation is 2. The topological polar surface area (TPSA) is 104 Å². The molecule has 8 nitrogen and oxygen atoms in total. The highest BCUT2D eigenvalue weighted by Gasteiger charge is 2.62. The van der Waals surface area contributed by atoms with E-state index in [0.29, 0.717) is 39.2 Å². The molecule has 3 fully saturated rings. The van der Waals surface area contributed by atoms with Crippen molar-refractivity contribution in [2.24, 2.45) is 29.6 Å². The summed E-state index contributed by atoms with van der Waals surface area (Å²) >= 11 is 12.8. The summed E-state index contributed by atoms with van der Waals surface area (Å²) in [6, 6.07) is 14.9. The van der Waals surface area contributed by atoms with Crippen LogP contribution in [0.3, 0.4) is 0 Å². The number of phenols is 1. The maximum atomic E-state index is 14.3. The van der Waals surface area contributed by atoms with Gasteiger partial charge in [-0.05, 0) is 74.1 Å². The van der Waals surface area contributed by atoms with E-state index in [2.05, 4.69) is 0 Å². The number of phenolic OH excluding ortho intramolecular Hbond substituents is 1. The minimum absolute atomic E-state index is 0.00841. The first-order chi connectivity index (χ1) is 21.5. The zero-order valence-electron chi connectivity index (χ0n) is 24.8. The summed E-state index contributed by atoms with van der Waals surface area (Å²) in [5.41, 5.74) is 3.90. The highest BCUT2D eigenvalue weighted by Crippen LogP contribution is 2.59. The van der Waals surface area contributed by atoms with Gasteiger partial charge in [-0.15, -0.1) is 0 Å². The van der Waals surface area contributed by atoms with Crippen molar-refractivity contribution in [3.8, 4) is 11.5 Å². The van der Waals surface area contributed by atoms with Crippen LogP contribution in [0.15, 0.2) is 66.2 Å². The molecule has 6 atom stereocenters. The Morgan fingerprint density at radius 1 is 0.733 bits per heavy atom. The second-order valence-corrected chi connectivity index (χ2v) is 13.2. The van der Waals surface area contributed by atoms with Crippen LogP contribution in [-0.2, 0) is 19.2 Å². The van der Waals surface area contributed by atoms with Gasteiger partial charge >= 0.3 is 0 Å². The van der Waals surface area contributed by atoms with Crippen molar-refractivity contribution in [3.63, 3.8) is 0 Å². The molecule has 6 unspecified atom stereocenters. The van der Waals surface area contributed by atoms with E-state index in [1.807, 2.05) is 19.9 Å². The average Bonchev–Trinajstić information content (AvgIpc) is 3.42. The van der Waals surface area contributed by atoms with Gasteiger partial charge in [-0.25, -0.2) is 9.80 Å². The van der Waals surface area contributed by atoms with Gasteiger partial charge in [-0.2, -0.15) is 0 Å². The van der Waals surface area contributed by atoms with Crippen molar-refractivity contribution in [1.82, 2.24) is 0 Å². The van der Waals surface area contributed by atoms with Crippen LogP contribution in [0.25, 0.3) is 0 Å². The van der Waals surface area contributed by atoms with Crippen molar-refractivity contribution < 1.29 is 29.0 Å². The molecule has 2 saturated heterocycles. The molecule has 2 heterocycles. The molecule has 45 heavy (non-hydrogen) atoms. The first-order valence-corrected chi connectivity index (χ1v) is 15.6. The number of nitrogens with zero attached hydrogens (tertiary/aromatic N) is 2. The lowest BCUT2D eigenvalue weighted by atomic mass is 9.57. The molecule has 3 aromatic carbocycles. The third-order valence-electron chi connectivity index (χ3n) is 10.0. The third-order valence-corrected chi connectivity index (χ3v) is 10.8. The van der Waals surface area contributed by atoms with Crippen LogP contribution in [0.5, 0.6) is 11.5 Å².